The van der Waals surface area contributed by atoms with E-state index in [2.05, 4.69) is 26.8 Å². The molecular weight excluding hydrogens is 291 g/mol. The number of fused-ring (bicyclic) bond motifs is 1. The normalized spacial score (nSPS) is 19.1. The summed E-state index contributed by atoms with van der Waals surface area (Å²) in [5.74, 6) is 1.58. The number of benzene rings is 1. The molecule has 5 heteroatoms. The van der Waals surface area contributed by atoms with Gasteiger partial charge in [0, 0.05) is 18.1 Å². The standard InChI is InChI=1S/C15H23O3PS/c1-6-16-19(20,7-2)18-13-9-8-11(3)12-10-15(4,5)17-14(12)13/h8-9H,6-7,10H2,1-5H3. The number of ether oxygens (including phenoxy) is 1. The highest BCUT2D eigenvalue weighted by Gasteiger charge is 2.34. The Bertz CT molecular complexity index is 554. The lowest BCUT2D eigenvalue weighted by molar-refractivity contribution is 0.135. The van der Waals surface area contributed by atoms with E-state index in [1.807, 2.05) is 19.9 Å². The van der Waals surface area contributed by atoms with Crippen molar-refractivity contribution in [3.63, 3.8) is 0 Å². The van der Waals surface area contributed by atoms with E-state index in [-0.39, 0.29) is 5.60 Å². The molecule has 0 amide bonds. The van der Waals surface area contributed by atoms with Crippen molar-refractivity contribution in [1.29, 1.82) is 0 Å². The van der Waals surface area contributed by atoms with Crippen LogP contribution < -0.4 is 9.26 Å². The van der Waals surface area contributed by atoms with E-state index in [1.165, 1.54) is 11.1 Å². The molecule has 1 aliphatic heterocycles. The number of rotatable bonds is 5. The third-order valence-corrected chi connectivity index (χ3v) is 6.61. The van der Waals surface area contributed by atoms with Crippen molar-refractivity contribution in [2.75, 3.05) is 12.8 Å². The minimum absolute atomic E-state index is 0.188. The molecule has 20 heavy (non-hydrogen) atoms. The van der Waals surface area contributed by atoms with Gasteiger partial charge < -0.3 is 13.8 Å². The molecule has 1 heterocycles. The molecule has 0 fully saturated rings. The van der Waals surface area contributed by atoms with E-state index in [0.717, 1.165) is 17.9 Å². The van der Waals surface area contributed by atoms with E-state index in [0.29, 0.717) is 12.8 Å². The van der Waals surface area contributed by atoms with Gasteiger partial charge in [0.1, 0.15) is 5.60 Å². The van der Waals surface area contributed by atoms with Crippen LogP contribution in [0.4, 0.5) is 0 Å². The largest absolute Gasteiger partial charge is 0.483 e. The van der Waals surface area contributed by atoms with Crippen LogP contribution in [0.1, 0.15) is 38.8 Å². The fraction of sp³-hybridized carbons (Fsp3) is 0.600. The zero-order chi connectivity index (χ0) is 15.0. The van der Waals surface area contributed by atoms with Crippen LogP contribution in [0.2, 0.25) is 0 Å². The smallest absolute Gasteiger partial charge is 0.238 e. The molecule has 1 aromatic carbocycles. The molecule has 1 atom stereocenters. The Morgan fingerprint density at radius 3 is 2.65 bits per heavy atom. The molecule has 0 spiro atoms. The second-order valence-electron chi connectivity index (χ2n) is 5.66. The van der Waals surface area contributed by atoms with Gasteiger partial charge in [0.25, 0.3) is 0 Å². The van der Waals surface area contributed by atoms with E-state index >= 15 is 0 Å². The minimum atomic E-state index is -2.26. The summed E-state index contributed by atoms with van der Waals surface area (Å²) in [5.41, 5.74) is 2.27. The monoisotopic (exact) mass is 314 g/mol. The maximum Gasteiger partial charge on any atom is 0.238 e. The van der Waals surface area contributed by atoms with Crippen LogP contribution in [-0.2, 0) is 22.8 Å². The fourth-order valence-electron chi connectivity index (χ4n) is 2.38. The fourth-order valence-corrected chi connectivity index (χ4v) is 4.13. The first-order chi connectivity index (χ1) is 9.30. The lowest BCUT2D eigenvalue weighted by atomic mass is 9.98. The highest BCUT2D eigenvalue weighted by Crippen LogP contribution is 2.53. The van der Waals surface area contributed by atoms with Crippen LogP contribution in [0.3, 0.4) is 0 Å². The number of hydrogen-bond acceptors (Lipinski definition) is 4. The maximum atomic E-state index is 6.07. The van der Waals surface area contributed by atoms with Crippen molar-refractivity contribution in [3.05, 3.63) is 23.3 Å². The van der Waals surface area contributed by atoms with Gasteiger partial charge in [-0.3, -0.25) is 0 Å². The van der Waals surface area contributed by atoms with Gasteiger partial charge in [-0.25, -0.2) is 0 Å². The predicted molar refractivity (Wildman–Crippen MR) is 86.7 cm³/mol. The zero-order valence-corrected chi connectivity index (χ0v) is 14.6. The molecular formula is C15H23O3PS. The van der Waals surface area contributed by atoms with Gasteiger partial charge in [-0.05, 0) is 51.1 Å². The SMILES string of the molecule is CCOP(=S)(CC)Oc1ccc(C)c2c1OC(C)(C)C2. The summed E-state index contributed by atoms with van der Waals surface area (Å²) in [6, 6.07) is 4.02. The summed E-state index contributed by atoms with van der Waals surface area (Å²) in [6.07, 6.45) is 1.61. The van der Waals surface area contributed by atoms with Crippen molar-refractivity contribution in [2.24, 2.45) is 0 Å². The van der Waals surface area contributed by atoms with Crippen LogP contribution in [0.25, 0.3) is 0 Å². The van der Waals surface area contributed by atoms with Crippen LogP contribution in [0.15, 0.2) is 12.1 Å². The van der Waals surface area contributed by atoms with E-state index in [9.17, 15) is 0 Å². The summed E-state index contributed by atoms with van der Waals surface area (Å²) in [6.45, 7) is 8.56. The second-order valence-corrected chi connectivity index (χ2v) is 9.63. The van der Waals surface area contributed by atoms with Crippen molar-refractivity contribution >= 4 is 18.3 Å². The molecule has 1 aliphatic rings. The molecule has 0 N–H and O–H groups in total. The first kappa shape index (κ1) is 15.8. The van der Waals surface area contributed by atoms with E-state index in [1.54, 1.807) is 0 Å². The highest BCUT2D eigenvalue weighted by molar-refractivity contribution is 8.10. The Labute approximate surface area is 126 Å². The van der Waals surface area contributed by atoms with Crippen molar-refractivity contribution < 1.29 is 13.8 Å². The first-order valence-corrected chi connectivity index (χ1v) is 9.87. The average Bonchev–Trinajstić information content (AvgIpc) is 2.70. The summed E-state index contributed by atoms with van der Waals surface area (Å²) < 4.78 is 17.8. The molecule has 2 rings (SSSR count). The van der Waals surface area contributed by atoms with Crippen LogP contribution in [0, 0.1) is 6.92 Å². The van der Waals surface area contributed by atoms with Crippen molar-refractivity contribution in [2.45, 2.75) is 46.6 Å². The lowest BCUT2D eigenvalue weighted by Crippen LogP contribution is -2.24. The van der Waals surface area contributed by atoms with Gasteiger partial charge in [0.2, 0.25) is 6.49 Å². The Hall–Kier alpha value is -0.570. The van der Waals surface area contributed by atoms with Crippen LogP contribution in [0.5, 0.6) is 11.5 Å². The molecule has 0 aliphatic carbocycles. The van der Waals surface area contributed by atoms with Crippen LogP contribution in [-0.4, -0.2) is 18.4 Å². The third-order valence-electron chi connectivity index (χ3n) is 3.39. The van der Waals surface area contributed by atoms with Gasteiger partial charge >= 0.3 is 0 Å². The highest BCUT2D eigenvalue weighted by atomic mass is 32.5. The molecule has 0 radical (unpaired) electrons. The lowest BCUT2D eigenvalue weighted by Gasteiger charge is -2.23. The average molecular weight is 314 g/mol. The summed E-state index contributed by atoms with van der Waals surface area (Å²) in [7, 11) is 0. The molecule has 1 unspecified atom stereocenters. The summed E-state index contributed by atoms with van der Waals surface area (Å²) >= 11 is 5.56. The van der Waals surface area contributed by atoms with Gasteiger partial charge in [-0.2, -0.15) is 0 Å². The van der Waals surface area contributed by atoms with Gasteiger partial charge in [0.05, 0.1) is 6.61 Å². The van der Waals surface area contributed by atoms with Gasteiger partial charge in [-0.1, -0.05) is 13.0 Å². The maximum absolute atomic E-state index is 6.07. The summed E-state index contributed by atoms with van der Waals surface area (Å²) in [5, 5.41) is 0. The molecule has 0 saturated heterocycles. The van der Waals surface area contributed by atoms with Gasteiger partial charge in [0.15, 0.2) is 11.5 Å². The van der Waals surface area contributed by atoms with Crippen LogP contribution >= 0.6 is 6.49 Å². The van der Waals surface area contributed by atoms with Crippen molar-refractivity contribution in [1.82, 2.24) is 0 Å². The molecule has 1 aromatic rings. The molecule has 3 nitrogen and oxygen atoms in total. The van der Waals surface area contributed by atoms with Crippen molar-refractivity contribution in [3.8, 4) is 11.5 Å². The molecule has 0 aromatic heterocycles. The zero-order valence-electron chi connectivity index (χ0n) is 12.9. The van der Waals surface area contributed by atoms with Gasteiger partial charge in [-0.15, -0.1) is 0 Å². The molecule has 0 bridgehead atoms. The Morgan fingerprint density at radius 1 is 1.35 bits per heavy atom. The Balaban J connectivity index is 2.36. The quantitative estimate of drug-likeness (QED) is 0.750. The predicted octanol–water partition coefficient (Wildman–Crippen LogP) is 4.45. The number of aryl methyl sites for hydroxylation is 1. The third kappa shape index (κ3) is 3.19. The first-order valence-electron chi connectivity index (χ1n) is 7.05. The topological polar surface area (TPSA) is 27.7 Å². The summed E-state index contributed by atoms with van der Waals surface area (Å²) in [4.78, 5) is 0. The molecule has 112 valence electrons. The van der Waals surface area contributed by atoms with E-state index < -0.39 is 6.49 Å². The molecule has 0 saturated carbocycles. The Morgan fingerprint density at radius 2 is 2.05 bits per heavy atom. The van der Waals surface area contributed by atoms with E-state index in [4.69, 9.17) is 25.6 Å². The minimum Gasteiger partial charge on any atom is -0.483 e. The Kier molecular flexibility index (Phi) is 4.48. The number of hydrogen-bond donors (Lipinski definition) is 0. The second kappa shape index (κ2) is 5.67.